The van der Waals surface area contributed by atoms with Gasteiger partial charge in [-0.25, -0.2) is 0 Å². The van der Waals surface area contributed by atoms with E-state index in [1.54, 1.807) is 0 Å². The Morgan fingerprint density at radius 1 is 1.10 bits per heavy atom. The van der Waals surface area contributed by atoms with Crippen molar-refractivity contribution in [1.29, 1.82) is 0 Å². The predicted molar refractivity (Wildman–Crippen MR) is 85.4 cm³/mol. The molecule has 2 aliphatic heterocycles. The second-order valence-electron chi connectivity index (χ2n) is 6.34. The minimum Gasteiger partial charge on any atom is -0.368 e. The average Bonchev–Trinajstić information content (AvgIpc) is 2.55. The molecule has 1 N–H and O–H groups in total. The van der Waals surface area contributed by atoms with Crippen LogP contribution in [0.15, 0.2) is 30.3 Å². The maximum absolute atomic E-state index is 12.6. The highest BCUT2D eigenvalue weighted by Gasteiger charge is 2.30. The first-order chi connectivity index (χ1) is 10.2. The fraction of sp³-hybridized carbons (Fsp3) is 0.588. The van der Waals surface area contributed by atoms with Crippen molar-refractivity contribution in [2.75, 3.05) is 44.2 Å². The number of para-hydroxylation sites is 1. The van der Waals surface area contributed by atoms with Gasteiger partial charge in [0.25, 0.3) is 0 Å². The molecule has 2 saturated heterocycles. The SMILES string of the molecule is CC1CNCC(C(=O)N2CCN(c3ccccc3)CC2)C1. The fourth-order valence-corrected chi connectivity index (χ4v) is 3.43. The molecule has 4 nitrogen and oxygen atoms in total. The van der Waals surface area contributed by atoms with Crippen LogP contribution < -0.4 is 10.2 Å². The molecule has 0 bridgehead atoms. The summed E-state index contributed by atoms with van der Waals surface area (Å²) < 4.78 is 0. The molecule has 1 aromatic rings. The van der Waals surface area contributed by atoms with Crippen LogP contribution >= 0.6 is 0 Å². The Hall–Kier alpha value is -1.55. The van der Waals surface area contributed by atoms with Crippen molar-refractivity contribution in [1.82, 2.24) is 10.2 Å². The first kappa shape index (κ1) is 14.4. The average molecular weight is 287 g/mol. The standard InChI is InChI=1S/C17H25N3O/c1-14-11-15(13-18-12-14)17(21)20-9-7-19(8-10-20)16-5-3-2-4-6-16/h2-6,14-15,18H,7-13H2,1H3. The third kappa shape index (κ3) is 3.38. The van der Waals surface area contributed by atoms with Crippen LogP contribution in [0.5, 0.6) is 0 Å². The van der Waals surface area contributed by atoms with Gasteiger partial charge < -0.3 is 15.1 Å². The number of rotatable bonds is 2. The Balaban J connectivity index is 1.54. The van der Waals surface area contributed by atoms with E-state index < -0.39 is 0 Å². The van der Waals surface area contributed by atoms with Gasteiger partial charge in [0, 0.05) is 38.4 Å². The van der Waals surface area contributed by atoms with Gasteiger partial charge in [-0.1, -0.05) is 25.1 Å². The number of piperazine rings is 1. The van der Waals surface area contributed by atoms with E-state index in [4.69, 9.17) is 0 Å². The van der Waals surface area contributed by atoms with Gasteiger partial charge >= 0.3 is 0 Å². The number of piperidine rings is 1. The van der Waals surface area contributed by atoms with E-state index in [-0.39, 0.29) is 5.92 Å². The second kappa shape index (κ2) is 6.48. The second-order valence-corrected chi connectivity index (χ2v) is 6.34. The summed E-state index contributed by atoms with van der Waals surface area (Å²) >= 11 is 0. The monoisotopic (exact) mass is 287 g/mol. The van der Waals surface area contributed by atoms with E-state index in [0.717, 1.165) is 45.7 Å². The number of hydrogen-bond donors (Lipinski definition) is 1. The molecule has 2 unspecified atom stereocenters. The van der Waals surface area contributed by atoms with Gasteiger partial charge in [-0.15, -0.1) is 0 Å². The zero-order chi connectivity index (χ0) is 14.7. The van der Waals surface area contributed by atoms with Gasteiger partial charge in [0.1, 0.15) is 0 Å². The van der Waals surface area contributed by atoms with Crippen molar-refractivity contribution in [3.63, 3.8) is 0 Å². The lowest BCUT2D eigenvalue weighted by Gasteiger charge is -2.38. The minimum absolute atomic E-state index is 0.178. The topological polar surface area (TPSA) is 35.6 Å². The van der Waals surface area contributed by atoms with Gasteiger partial charge in [-0.2, -0.15) is 0 Å². The molecule has 0 saturated carbocycles. The van der Waals surface area contributed by atoms with Crippen LogP contribution in [0.2, 0.25) is 0 Å². The molecule has 1 amide bonds. The van der Waals surface area contributed by atoms with Crippen molar-refractivity contribution < 1.29 is 4.79 Å². The van der Waals surface area contributed by atoms with E-state index in [1.165, 1.54) is 5.69 Å². The summed E-state index contributed by atoms with van der Waals surface area (Å²) in [6.07, 6.45) is 1.03. The zero-order valence-corrected chi connectivity index (χ0v) is 12.8. The summed E-state index contributed by atoms with van der Waals surface area (Å²) in [7, 11) is 0. The molecule has 2 aliphatic rings. The lowest BCUT2D eigenvalue weighted by molar-refractivity contribution is -0.136. The first-order valence-corrected chi connectivity index (χ1v) is 8.03. The van der Waals surface area contributed by atoms with E-state index in [0.29, 0.717) is 11.8 Å². The normalized spacial score (nSPS) is 26.7. The molecule has 2 atom stereocenters. The Bertz CT molecular complexity index is 468. The molecule has 1 aromatic carbocycles. The number of hydrogen-bond acceptors (Lipinski definition) is 3. The van der Waals surface area contributed by atoms with Crippen LogP contribution in [0, 0.1) is 11.8 Å². The number of nitrogens with one attached hydrogen (secondary N) is 1. The largest absolute Gasteiger partial charge is 0.368 e. The van der Waals surface area contributed by atoms with Gasteiger partial charge in [-0.05, 0) is 31.0 Å². The first-order valence-electron chi connectivity index (χ1n) is 8.03. The molecule has 0 aromatic heterocycles. The molecule has 0 spiro atoms. The predicted octanol–water partition coefficient (Wildman–Crippen LogP) is 1.58. The molecule has 114 valence electrons. The van der Waals surface area contributed by atoms with Crippen molar-refractivity contribution in [2.45, 2.75) is 13.3 Å². The lowest BCUT2D eigenvalue weighted by Crippen LogP contribution is -2.52. The minimum atomic E-state index is 0.178. The molecule has 21 heavy (non-hydrogen) atoms. The number of amides is 1. The quantitative estimate of drug-likeness (QED) is 0.897. The van der Waals surface area contributed by atoms with Crippen LogP contribution in [0.1, 0.15) is 13.3 Å². The van der Waals surface area contributed by atoms with Crippen molar-refractivity contribution >= 4 is 11.6 Å². The third-order valence-corrected chi connectivity index (χ3v) is 4.63. The number of anilines is 1. The summed E-state index contributed by atoms with van der Waals surface area (Å²) in [5, 5.41) is 3.38. The Labute approximate surface area is 127 Å². The molecule has 2 fully saturated rings. The van der Waals surface area contributed by atoms with Gasteiger partial charge in [0.2, 0.25) is 5.91 Å². The van der Waals surface area contributed by atoms with Gasteiger partial charge in [-0.3, -0.25) is 4.79 Å². The van der Waals surface area contributed by atoms with E-state index in [1.807, 2.05) is 6.07 Å². The summed E-state index contributed by atoms with van der Waals surface area (Å²) in [4.78, 5) is 17.0. The highest BCUT2D eigenvalue weighted by molar-refractivity contribution is 5.79. The number of nitrogens with zero attached hydrogens (tertiary/aromatic N) is 2. The Morgan fingerprint density at radius 3 is 2.48 bits per heavy atom. The Kier molecular flexibility index (Phi) is 4.44. The van der Waals surface area contributed by atoms with Crippen LogP contribution in [-0.4, -0.2) is 50.1 Å². The summed E-state index contributed by atoms with van der Waals surface area (Å²) in [6.45, 7) is 7.68. The zero-order valence-electron chi connectivity index (χ0n) is 12.8. The van der Waals surface area contributed by atoms with Gasteiger partial charge in [0.05, 0.1) is 5.92 Å². The van der Waals surface area contributed by atoms with Crippen molar-refractivity contribution in [3.05, 3.63) is 30.3 Å². The van der Waals surface area contributed by atoms with E-state index in [2.05, 4.69) is 46.3 Å². The number of carbonyl (C=O) groups excluding carboxylic acids is 1. The fourth-order valence-electron chi connectivity index (χ4n) is 3.43. The maximum atomic E-state index is 12.6. The molecular weight excluding hydrogens is 262 g/mol. The molecule has 4 heteroatoms. The van der Waals surface area contributed by atoms with E-state index >= 15 is 0 Å². The molecular formula is C17H25N3O. The number of carbonyl (C=O) groups is 1. The van der Waals surface area contributed by atoms with E-state index in [9.17, 15) is 4.79 Å². The highest BCUT2D eigenvalue weighted by Crippen LogP contribution is 2.20. The Morgan fingerprint density at radius 2 is 1.81 bits per heavy atom. The molecule has 0 aliphatic carbocycles. The molecule has 3 rings (SSSR count). The molecule has 2 heterocycles. The maximum Gasteiger partial charge on any atom is 0.227 e. The molecule has 0 radical (unpaired) electrons. The lowest BCUT2D eigenvalue weighted by atomic mass is 9.90. The smallest absolute Gasteiger partial charge is 0.227 e. The van der Waals surface area contributed by atoms with Gasteiger partial charge in [0.15, 0.2) is 0 Å². The summed E-state index contributed by atoms with van der Waals surface area (Å²) in [6, 6.07) is 10.5. The third-order valence-electron chi connectivity index (χ3n) is 4.63. The van der Waals surface area contributed by atoms with Crippen molar-refractivity contribution in [3.8, 4) is 0 Å². The van der Waals surface area contributed by atoms with Crippen LogP contribution in [0.25, 0.3) is 0 Å². The summed E-state index contributed by atoms with van der Waals surface area (Å²) in [5.41, 5.74) is 1.26. The highest BCUT2D eigenvalue weighted by atomic mass is 16.2. The van der Waals surface area contributed by atoms with Crippen molar-refractivity contribution in [2.24, 2.45) is 11.8 Å². The number of benzene rings is 1. The van der Waals surface area contributed by atoms with Crippen LogP contribution in [-0.2, 0) is 4.79 Å². The van der Waals surface area contributed by atoms with Crippen LogP contribution in [0.4, 0.5) is 5.69 Å². The van der Waals surface area contributed by atoms with Crippen LogP contribution in [0.3, 0.4) is 0 Å². The summed E-state index contributed by atoms with van der Waals surface area (Å²) in [5.74, 6) is 1.14.